The van der Waals surface area contributed by atoms with E-state index in [1.165, 1.54) is 22.5 Å². The molecule has 2 aromatic rings. The first-order valence-corrected chi connectivity index (χ1v) is 11.7. The molecule has 2 aliphatic heterocycles. The lowest BCUT2D eigenvalue weighted by atomic mass is 10.1. The number of hydrogen-bond acceptors (Lipinski definition) is 5. The number of piperazine rings is 1. The number of amides is 1. The van der Waals surface area contributed by atoms with E-state index < -0.39 is 10.0 Å². The normalized spacial score (nSPS) is 17.5. The van der Waals surface area contributed by atoms with Crippen LogP contribution in [0.4, 0.5) is 0 Å². The molecule has 1 saturated heterocycles. The number of carbonyl (C=O) groups is 1. The Morgan fingerprint density at radius 3 is 2.27 bits per heavy atom. The molecule has 7 nitrogen and oxygen atoms in total. The minimum atomic E-state index is -3.72. The number of hydrogen-bond donors (Lipinski definition) is 0. The van der Waals surface area contributed by atoms with Crippen LogP contribution in [0.1, 0.15) is 16.8 Å². The molecule has 0 saturated carbocycles. The standard InChI is InChI=1S/C20H20Cl2N2O5S/c21-16-4-3-15(13-17(16)22)30(26,27)24-8-6-23(7-9-24)20(25)14-2-5-18-19(12-14)29-11-1-10-28-18/h2-5,12-13H,1,6-11H2. The van der Waals surface area contributed by atoms with Crippen LogP contribution in [0.5, 0.6) is 11.5 Å². The van der Waals surface area contributed by atoms with Crippen molar-refractivity contribution in [1.29, 1.82) is 0 Å². The Morgan fingerprint density at radius 1 is 0.867 bits per heavy atom. The van der Waals surface area contributed by atoms with Gasteiger partial charge in [0.15, 0.2) is 11.5 Å². The number of ether oxygens (including phenoxy) is 2. The molecule has 0 aliphatic carbocycles. The molecule has 2 heterocycles. The summed E-state index contributed by atoms with van der Waals surface area (Å²) in [5.74, 6) is 1.01. The molecule has 0 N–H and O–H groups in total. The lowest BCUT2D eigenvalue weighted by Crippen LogP contribution is -2.50. The van der Waals surface area contributed by atoms with Gasteiger partial charge in [-0.15, -0.1) is 0 Å². The lowest BCUT2D eigenvalue weighted by Gasteiger charge is -2.34. The average Bonchev–Trinajstić information content (AvgIpc) is 3.00. The molecular formula is C20H20Cl2N2O5S. The molecule has 0 bridgehead atoms. The summed E-state index contributed by atoms with van der Waals surface area (Å²) in [6.07, 6.45) is 0.785. The highest BCUT2D eigenvalue weighted by molar-refractivity contribution is 7.89. The first kappa shape index (κ1) is 21.2. The molecule has 0 unspecified atom stereocenters. The van der Waals surface area contributed by atoms with E-state index in [0.717, 1.165) is 6.42 Å². The fourth-order valence-corrected chi connectivity index (χ4v) is 5.21. The van der Waals surface area contributed by atoms with Gasteiger partial charge in [-0.2, -0.15) is 4.31 Å². The summed E-state index contributed by atoms with van der Waals surface area (Å²) < 4.78 is 38.4. The molecule has 1 fully saturated rings. The van der Waals surface area contributed by atoms with Crippen molar-refractivity contribution in [2.45, 2.75) is 11.3 Å². The predicted octanol–water partition coefficient (Wildman–Crippen LogP) is 3.30. The molecule has 0 atom stereocenters. The van der Waals surface area contributed by atoms with Gasteiger partial charge in [0.2, 0.25) is 10.0 Å². The van der Waals surface area contributed by atoms with Crippen LogP contribution in [-0.2, 0) is 10.0 Å². The molecule has 30 heavy (non-hydrogen) atoms. The molecule has 2 aromatic carbocycles. The Labute approximate surface area is 185 Å². The quantitative estimate of drug-likeness (QED) is 0.687. The van der Waals surface area contributed by atoms with Crippen LogP contribution in [0, 0.1) is 0 Å². The van der Waals surface area contributed by atoms with Crippen LogP contribution >= 0.6 is 23.2 Å². The topological polar surface area (TPSA) is 76.2 Å². The zero-order valence-corrected chi connectivity index (χ0v) is 18.3. The Kier molecular flexibility index (Phi) is 6.11. The Balaban J connectivity index is 1.44. The average molecular weight is 471 g/mol. The SMILES string of the molecule is O=C(c1ccc2c(c1)OCCCO2)N1CCN(S(=O)(=O)c2ccc(Cl)c(Cl)c2)CC1. The predicted molar refractivity (Wildman–Crippen MR) is 113 cm³/mol. The third-order valence-electron chi connectivity index (χ3n) is 5.05. The fraction of sp³-hybridized carbons (Fsp3) is 0.350. The summed E-state index contributed by atoms with van der Waals surface area (Å²) in [4.78, 5) is 14.6. The van der Waals surface area contributed by atoms with Gasteiger partial charge >= 0.3 is 0 Å². The van der Waals surface area contributed by atoms with Crippen molar-refractivity contribution in [3.05, 3.63) is 52.0 Å². The number of nitrogens with zero attached hydrogens (tertiary/aromatic N) is 2. The third-order valence-corrected chi connectivity index (χ3v) is 7.68. The highest BCUT2D eigenvalue weighted by Crippen LogP contribution is 2.31. The highest BCUT2D eigenvalue weighted by atomic mass is 35.5. The summed E-state index contributed by atoms with van der Waals surface area (Å²) in [6, 6.07) is 9.35. The third kappa shape index (κ3) is 4.23. The molecule has 160 valence electrons. The number of rotatable bonds is 3. The van der Waals surface area contributed by atoms with Crippen molar-refractivity contribution in [2.75, 3.05) is 39.4 Å². The van der Waals surface area contributed by atoms with Gasteiger partial charge in [-0.25, -0.2) is 8.42 Å². The number of halogens is 2. The summed E-state index contributed by atoms with van der Waals surface area (Å²) in [5, 5.41) is 0.474. The van der Waals surface area contributed by atoms with E-state index in [-0.39, 0.29) is 42.0 Å². The van der Waals surface area contributed by atoms with Crippen molar-refractivity contribution >= 4 is 39.1 Å². The van der Waals surface area contributed by atoms with Gasteiger partial charge in [-0.05, 0) is 36.4 Å². The largest absolute Gasteiger partial charge is 0.490 e. The molecule has 0 radical (unpaired) electrons. The van der Waals surface area contributed by atoms with Crippen LogP contribution in [-0.4, -0.2) is 62.9 Å². The van der Waals surface area contributed by atoms with E-state index in [2.05, 4.69) is 0 Å². The van der Waals surface area contributed by atoms with E-state index in [9.17, 15) is 13.2 Å². The summed E-state index contributed by atoms with van der Waals surface area (Å²) in [5.41, 5.74) is 0.486. The van der Waals surface area contributed by atoms with Gasteiger partial charge in [0.05, 0.1) is 28.2 Å². The number of benzene rings is 2. The van der Waals surface area contributed by atoms with E-state index in [1.807, 2.05) is 0 Å². The van der Waals surface area contributed by atoms with Gasteiger partial charge in [0, 0.05) is 38.2 Å². The zero-order chi connectivity index (χ0) is 21.3. The number of fused-ring (bicyclic) bond motifs is 1. The number of sulfonamides is 1. The first-order chi connectivity index (χ1) is 14.4. The molecule has 10 heteroatoms. The second-order valence-electron chi connectivity index (χ2n) is 6.98. The van der Waals surface area contributed by atoms with E-state index >= 15 is 0 Å². The Hall–Kier alpha value is -2.00. The summed E-state index contributed by atoms with van der Waals surface area (Å²) >= 11 is 11.8. The van der Waals surface area contributed by atoms with Crippen LogP contribution in [0.15, 0.2) is 41.3 Å². The lowest BCUT2D eigenvalue weighted by molar-refractivity contribution is 0.0697. The van der Waals surface area contributed by atoms with Gasteiger partial charge < -0.3 is 14.4 Å². The van der Waals surface area contributed by atoms with Crippen LogP contribution < -0.4 is 9.47 Å². The molecule has 1 amide bonds. The minimum absolute atomic E-state index is 0.0829. The maximum atomic E-state index is 12.9. The smallest absolute Gasteiger partial charge is 0.254 e. The van der Waals surface area contributed by atoms with E-state index in [4.69, 9.17) is 32.7 Å². The van der Waals surface area contributed by atoms with E-state index in [1.54, 1.807) is 23.1 Å². The fourth-order valence-electron chi connectivity index (χ4n) is 3.40. The van der Waals surface area contributed by atoms with Crippen molar-refractivity contribution in [3.8, 4) is 11.5 Å². The molecule has 0 spiro atoms. The van der Waals surface area contributed by atoms with Crippen molar-refractivity contribution in [1.82, 2.24) is 9.21 Å². The molecular weight excluding hydrogens is 451 g/mol. The van der Waals surface area contributed by atoms with Gasteiger partial charge in [0.1, 0.15) is 0 Å². The number of carbonyl (C=O) groups excluding carboxylic acids is 1. The zero-order valence-electron chi connectivity index (χ0n) is 16.0. The van der Waals surface area contributed by atoms with Crippen LogP contribution in [0.3, 0.4) is 0 Å². The van der Waals surface area contributed by atoms with Crippen LogP contribution in [0.2, 0.25) is 10.0 Å². The molecule has 0 aromatic heterocycles. The summed E-state index contributed by atoms with van der Waals surface area (Å²) in [7, 11) is -3.72. The second kappa shape index (κ2) is 8.63. The van der Waals surface area contributed by atoms with E-state index in [0.29, 0.717) is 35.3 Å². The monoisotopic (exact) mass is 470 g/mol. The van der Waals surface area contributed by atoms with Crippen molar-refractivity contribution < 1.29 is 22.7 Å². The molecule has 2 aliphatic rings. The Bertz CT molecular complexity index is 1070. The van der Waals surface area contributed by atoms with Gasteiger partial charge in [-0.1, -0.05) is 23.2 Å². The second-order valence-corrected chi connectivity index (χ2v) is 9.74. The summed E-state index contributed by atoms with van der Waals surface area (Å²) in [6.45, 7) is 2.07. The maximum absolute atomic E-state index is 12.9. The van der Waals surface area contributed by atoms with Gasteiger partial charge in [0.25, 0.3) is 5.91 Å². The van der Waals surface area contributed by atoms with Crippen molar-refractivity contribution in [3.63, 3.8) is 0 Å². The highest BCUT2D eigenvalue weighted by Gasteiger charge is 2.31. The first-order valence-electron chi connectivity index (χ1n) is 9.50. The van der Waals surface area contributed by atoms with Crippen LogP contribution in [0.25, 0.3) is 0 Å². The van der Waals surface area contributed by atoms with Crippen molar-refractivity contribution in [2.24, 2.45) is 0 Å². The minimum Gasteiger partial charge on any atom is -0.490 e. The Morgan fingerprint density at radius 2 is 1.57 bits per heavy atom. The van der Waals surface area contributed by atoms with Gasteiger partial charge in [-0.3, -0.25) is 4.79 Å². The maximum Gasteiger partial charge on any atom is 0.254 e. The molecule has 4 rings (SSSR count).